The molecule has 0 radical (unpaired) electrons. The van der Waals surface area contributed by atoms with Crippen LogP contribution in [0.15, 0.2) is 89.7 Å². The van der Waals surface area contributed by atoms with Crippen LogP contribution in [0.5, 0.6) is 0 Å². The van der Waals surface area contributed by atoms with Gasteiger partial charge >= 0.3 is 0 Å². The number of para-hydroxylation sites is 1. The lowest BCUT2D eigenvalue weighted by Gasteiger charge is -2.24. The first-order valence-corrected chi connectivity index (χ1v) is 9.91. The van der Waals surface area contributed by atoms with Crippen molar-refractivity contribution in [2.24, 2.45) is 0 Å². The molecule has 0 bridgehead atoms. The molecule has 1 N–H and O–H groups in total. The van der Waals surface area contributed by atoms with E-state index >= 15 is 0 Å². The highest BCUT2D eigenvalue weighted by Gasteiger charge is 2.21. The van der Waals surface area contributed by atoms with Gasteiger partial charge < -0.3 is 4.98 Å². The first-order valence-electron chi connectivity index (χ1n) is 9.91. The van der Waals surface area contributed by atoms with Gasteiger partial charge in [-0.1, -0.05) is 72.3 Å². The SMILES string of the molecule is Cc1ccccc1.O=c1cc(C2CCc3ccccc3C2)[nH]c2ccccc12. The molecule has 0 amide bonds. The number of hydrogen-bond acceptors (Lipinski definition) is 1. The van der Waals surface area contributed by atoms with Crippen molar-refractivity contribution in [1.82, 2.24) is 4.98 Å². The summed E-state index contributed by atoms with van der Waals surface area (Å²) in [6, 6.07) is 28.4. The summed E-state index contributed by atoms with van der Waals surface area (Å²) in [5.41, 5.74) is 6.34. The van der Waals surface area contributed by atoms with Gasteiger partial charge in [0.2, 0.25) is 0 Å². The van der Waals surface area contributed by atoms with E-state index in [4.69, 9.17) is 0 Å². The van der Waals surface area contributed by atoms with Crippen LogP contribution in [-0.4, -0.2) is 4.98 Å². The minimum atomic E-state index is 0.123. The largest absolute Gasteiger partial charge is 0.358 e. The molecule has 1 unspecified atom stereocenters. The van der Waals surface area contributed by atoms with E-state index in [1.54, 1.807) is 6.07 Å². The van der Waals surface area contributed by atoms with Gasteiger partial charge in [-0.2, -0.15) is 0 Å². The van der Waals surface area contributed by atoms with Crippen LogP contribution < -0.4 is 5.43 Å². The zero-order valence-corrected chi connectivity index (χ0v) is 16.2. The summed E-state index contributed by atoms with van der Waals surface area (Å²) in [5, 5.41) is 0.775. The zero-order valence-electron chi connectivity index (χ0n) is 16.2. The third kappa shape index (κ3) is 4.07. The van der Waals surface area contributed by atoms with Gasteiger partial charge in [0.15, 0.2) is 5.43 Å². The quantitative estimate of drug-likeness (QED) is 0.453. The Balaban J connectivity index is 0.000000233. The van der Waals surface area contributed by atoms with Crippen molar-refractivity contribution in [1.29, 1.82) is 0 Å². The van der Waals surface area contributed by atoms with Crippen molar-refractivity contribution in [2.75, 3.05) is 0 Å². The molecule has 0 saturated carbocycles. The van der Waals surface area contributed by atoms with Crippen LogP contribution in [0.2, 0.25) is 0 Å². The van der Waals surface area contributed by atoms with E-state index in [1.807, 2.05) is 42.5 Å². The number of pyridine rings is 1. The molecule has 4 aromatic rings. The summed E-state index contributed by atoms with van der Waals surface area (Å²) in [5.74, 6) is 0.414. The number of nitrogens with one attached hydrogen (secondary N) is 1. The van der Waals surface area contributed by atoms with Crippen LogP contribution in [0.3, 0.4) is 0 Å². The Bertz CT molecular complexity index is 1130. The fraction of sp³-hybridized carbons (Fsp3) is 0.192. The Labute approximate surface area is 165 Å². The maximum atomic E-state index is 12.3. The molecule has 1 atom stereocenters. The van der Waals surface area contributed by atoms with E-state index in [1.165, 1.54) is 16.7 Å². The second-order valence-electron chi connectivity index (χ2n) is 7.50. The van der Waals surface area contributed by atoms with Crippen molar-refractivity contribution < 1.29 is 0 Å². The number of benzene rings is 3. The summed E-state index contributed by atoms with van der Waals surface area (Å²) in [7, 11) is 0. The Hall–Kier alpha value is -3.13. The Morgan fingerprint density at radius 1 is 0.821 bits per heavy atom. The van der Waals surface area contributed by atoms with Gasteiger partial charge in [0.05, 0.1) is 0 Å². The fourth-order valence-electron chi connectivity index (χ4n) is 3.94. The lowest BCUT2D eigenvalue weighted by atomic mass is 9.82. The number of aryl methyl sites for hydroxylation is 2. The van der Waals surface area contributed by atoms with Crippen molar-refractivity contribution >= 4 is 10.9 Å². The molecule has 5 rings (SSSR count). The molecule has 0 spiro atoms. The zero-order chi connectivity index (χ0) is 19.3. The Morgan fingerprint density at radius 2 is 1.50 bits per heavy atom. The number of hydrogen-bond donors (Lipinski definition) is 1. The minimum Gasteiger partial charge on any atom is -0.358 e. The Morgan fingerprint density at radius 3 is 2.25 bits per heavy atom. The number of aromatic amines is 1. The summed E-state index contributed by atoms with van der Waals surface area (Å²) < 4.78 is 0. The molecule has 28 heavy (non-hydrogen) atoms. The maximum absolute atomic E-state index is 12.3. The van der Waals surface area contributed by atoms with Gasteiger partial charge in [-0.15, -0.1) is 0 Å². The van der Waals surface area contributed by atoms with Crippen molar-refractivity contribution in [3.05, 3.63) is 118 Å². The van der Waals surface area contributed by atoms with Crippen LogP contribution in [-0.2, 0) is 12.8 Å². The predicted molar refractivity (Wildman–Crippen MR) is 117 cm³/mol. The molecule has 140 valence electrons. The predicted octanol–water partition coefficient (Wildman–Crippen LogP) is 5.80. The average molecular weight is 367 g/mol. The van der Waals surface area contributed by atoms with E-state index in [0.717, 1.165) is 35.9 Å². The number of rotatable bonds is 1. The van der Waals surface area contributed by atoms with Crippen LogP contribution >= 0.6 is 0 Å². The third-order valence-corrected chi connectivity index (χ3v) is 5.49. The van der Waals surface area contributed by atoms with Gasteiger partial charge in [-0.05, 0) is 49.4 Å². The minimum absolute atomic E-state index is 0.123. The molecule has 0 aliphatic heterocycles. The van der Waals surface area contributed by atoms with Crippen LogP contribution in [0, 0.1) is 6.92 Å². The standard InChI is InChI=1S/C19H17NO.C7H8/c21-19-12-18(20-17-8-4-3-7-16(17)19)15-10-9-13-5-1-2-6-14(13)11-15;1-7-5-3-2-4-6-7/h1-8,12,15H,9-11H2,(H,20,21);2-6H,1H3. The van der Waals surface area contributed by atoms with E-state index in [9.17, 15) is 4.79 Å². The maximum Gasteiger partial charge on any atom is 0.189 e. The van der Waals surface area contributed by atoms with Gasteiger partial charge in [0.1, 0.15) is 0 Å². The normalized spacial score (nSPS) is 15.4. The van der Waals surface area contributed by atoms with Crippen LogP contribution in [0.1, 0.15) is 34.7 Å². The van der Waals surface area contributed by atoms with E-state index in [0.29, 0.717) is 5.92 Å². The van der Waals surface area contributed by atoms with Gasteiger partial charge in [-0.3, -0.25) is 4.79 Å². The lowest BCUT2D eigenvalue weighted by molar-refractivity contribution is 0.572. The number of H-pyrrole nitrogens is 1. The Kier molecular flexibility index (Phi) is 5.38. The highest BCUT2D eigenvalue weighted by molar-refractivity contribution is 5.78. The van der Waals surface area contributed by atoms with Gasteiger partial charge in [0.25, 0.3) is 0 Å². The van der Waals surface area contributed by atoms with Gasteiger partial charge in [-0.25, -0.2) is 0 Å². The molecule has 0 fully saturated rings. The monoisotopic (exact) mass is 367 g/mol. The first kappa shape index (κ1) is 18.2. The fourth-order valence-corrected chi connectivity index (χ4v) is 3.94. The summed E-state index contributed by atoms with van der Waals surface area (Å²) in [4.78, 5) is 15.7. The first-order chi connectivity index (χ1) is 13.7. The van der Waals surface area contributed by atoms with E-state index in [2.05, 4.69) is 48.3 Å². The number of fused-ring (bicyclic) bond motifs is 2. The summed E-state index contributed by atoms with van der Waals surface area (Å²) in [6.45, 7) is 2.08. The molecule has 3 aromatic carbocycles. The van der Waals surface area contributed by atoms with Crippen LogP contribution in [0.4, 0.5) is 0 Å². The highest BCUT2D eigenvalue weighted by atomic mass is 16.1. The molecule has 2 nitrogen and oxygen atoms in total. The molecule has 1 aliphatic rings. The molecule has 2 heteroatoms. The summed E-state index contributed by atoms with van der Waals surface area (Å²) in [6.07, 6.45) is 3.21. The van der Waals surface area contributed by atoms with E-state index < -0.39 is 0 Å². The topological polar surface area (TPSA) is 32.9 Å². The lowest BCUT2D eigenvalue weighted by Crippen LogP contribution is -2.16. The molecule has 1 aliphatic carbocycles. The molecular formula is C26H25NO. The smallest absolute Gasteiger partial charge is 0.189 e. The van der Waals surface area contributed by atoms with Gasteiger partial charge in [0, 0.05) is 28.6 Å². The third-order valence-electron chi connectivity index (χ3n) is 5.49. The van der Waals surface area contributed by atoms with Crippen molar-refractivity contribution in [3.63, 3.8) is 0 Å². The molecule has 1 aromatic heterocycles. The highest BCUT2D eigenvalue weighted by Crippen LogP contribution is 2.31. The van der Waals surface area contributed by atoms with Crippen LogP contribution in [0.25, 0.3) is 10.9 Å². The molecule has 1 heterocycles. The average Bonchev–Trinajstić information content (AvgIpc) is 2.74. The van der Waals surface area contributed by atoms with Crippen molar-refractivity contribution in [2.45, 2.75) is 32.1 Å². The van der Waals surface area contributed by atoms with Crippen molar-refractivity contribution in [3.8, 4) is 0 Å². The van der Waals surface area contributed by atoms with E-state index in [-0.39, 0.29) is 5.43 Å². The molecular weight excluding hydrogens is 342 g/mol. The summed E-state index contributed by atoms with van der Waals surface area (Å²) >= 11 is 0. The molecule has 0 saturated heterocycles. The second-order valence-corrected chi connectivity index (χ2v) is 7.50. The second kappa shape index (κ2) is 8.26. The number of aromatic nitrogens is 1.